The third-order valence-corrected chi connectivity index (χ3v) is 6.51. The van der Waals surface area contributed by atoms with Crippen LogP contribution in [0.3, 0.4) is 0 Å². The Balaban J connectivity index is 1.84. The fourth-order valence-corrected chi connectivity index (χ4v) is 4.75. The maximum absolute atomic E-state index is 12.4. The topological polar surface area (TPSA) is 115 Å². The Morgan fingerprint density at radius 1 is 1.16 bits per heavy atom. The van der Waals surface area contributed by atoms with Crippen molar-refractivity contribution in [1.29, 1.82) is 0 Å². The lowest BCUT2D eigenvalue weighted by Crippen LogP contribution is -2.44. The van der Waals surface area contributed by atoms with Crippen LogP contribution in [-0.2, 0) is 21.2 Å². The van der Waals surface area contributed by atoms with Crippen LogP contribution < -0.4 is 4.90 Å². The summed E-state index contributed by atoms with van der Waals surface area (Å²) >= 11 is 0. The van der Waals surface area contributed by atoms with Gasteiger partial charge in [-0.1, -0.05) is 12.1 Å². The van der Waals surface area contributed by atoms with Gasteiger partial charge in [0.05, 0.1) is 30.3 Å². The number of fused-ring (bicyclic) bond motifs is 2. The average molecular weight is 443 g/mol. The second-order valence-corrected chi connectivity index (χ2v) is 9.57. The summed E-state index contributed by atoms with van der Waals surface area (Å²) in [6.45, 7) is 3.42. The second-order valence-electron chi connectivity index (χ2n) is 7.60. The summed E-state index contributed by atoms with van der Waals surface area (Å²) in [4.78, 5) is 11.4. The van der Waals surface area contributed by atoms with Crippen molar-refractivity contribution in [2.75, 3.05) is 30.9 Å². The number of nitrogens with zero attached hydrogens (tertiary/aromatic N) is 6. The molecule has 1 unspecified atom stereocenters. The molecule has 10 nitrogen and oxygen atoms in total. The molecular weight excluding hydrogens is 420 g/mol. The molecule has 4 aromatic rings. The standard InChI is InChI=1S/C20H22N6O4S/c1-13-12-30-10-9-24(13)19-16-7-8-18(31(2,28)29)26(16)23-20(22-19)25-15-6-4-3-5-14(15)21-17(25)11-27/h3-8,13,27H,9-12H2,1-2H3. The summed E-state index contributed by atoms with van der Waals surface area (Å²) in [5.41, 5.74) is 2.00. The molecule has 0 amide bonds. The molecule has 1 saturated heterocycles. The smallest absolute Gasteiger partial charge is 0.255 e. The highest BCUT2D eigenvalue weighted by atomic mass is 32.2. The Morgan fingerprint density at radius 3 is 2.71 bits per heavy atom. The quantitative estimate of drug-likeness (QED) is 0.501. The monoisotopic (exact) mass is 442 g/mol. The number of hydrogen-bond donors (Lipinski definition) is 1. The number of hydrogen-bond acceptors (Lipinski definition) is 8. The molecule has 1 aromatic carbocycles. The first-order chi connectivity index (χ1) is 14.9. The zero-order chi connectivity index (χ0) is 21.8. The van der Waals surface area contributed by atoms with E-state index >= 15 is 0 Å². The minimum atomic E-state index is -3.54. The Kier molecular flexibility index (Phi) is 4.68. The van der Waals surface area contributed by atoms with Gasteiger partial charge < -0.3 is 14.7 Å². The highest BCUT2D eigenvalue weighted by Gasteiger charge is 2.27. The van der Waals surface area contributed by atoms with E-state index in [1.807, 2.05) is 31.2 Å². The average Bonchev–Trinajstić information content (AvgIpc) is 3.34. The van der Waals surface area contributed by atoms with Crippen molar-refractivity contribution < 1.29 is 18.3 Å². The van der Waals surface area contributed by atoms with Gasteiger partial charge in [0.25, 0.3) is 5.95 Å². The van der Waals surface area contributed by atoms with Crippen molar-refractivity contribution >= 4 is 32.2 Å². The molecule has 1 aliphatic heterocycles. The van der Waals surface area contributed by atoms with E-state index in [9.17, 15) is 13.5 Å². The first-order valence-corrected chi connectivity index (χ1v) is 11.8. The van der Waals surface area contributed by atoms with Gasteiger partial charge in [0.2, 0.25) is 0 Å². The van der Waals surface area contributed by atoms with Gasteiger partial charge in [0.1, 0.15) is 17.9 Å². The predicted octanol–water partition coefficient (Wildman–Crippen LogP) is 1.19. The van der Waals surface area contributed by atoms with Gasteiger partial charge in [-0.3, -0.25) is 4.57 Å². The molecule has 0 saturated carbocycles. The van der Waals surface area contributed by atoms with Crippen molar-refractivity contribution in [3.8, 4) is 5.95 Å². The van der Waals surface area contributed by atoms with E-state index < -0.39 is 9.84 Å². The first-order valence-electron chi connectivity index (χ1n) is 9.90. The van der Waals surface area contributed by atoms with Crippen LogP contribution in [0.2, 0.25) is 0 Å². The van der Waals surface area contributed by atoms with Crippen LogP contribution in [-0.4, -0.2) is 69.7 Å². The number of imidazole rings is 1. The Bertz CT molecular complexity index is 1390. The van der Waals surface area contributed by atoms with Gasteiger partial charge >= 0.3 is 0 Å². The number of ether oxygens (including phenoxy) is 1. The van der Waals surface area contributed by atoms with Crippen molar-refractivity contribution in [3.05, 3.63) is 42.2 Å². The molecule has 0 aliphatic carbocycles. The molecular formula is C20H22N6O4S. The highest BCUT2D eigenvalue weighted by Crippen LogP contribution is 2.28. The van der Waals surface area contributed by atoms with E-state index in [2.05, 4.69) is 15.0 Å². The number of para-hydroxylation sites is 2. The Labute approximate surface area is 178 Å². The summed E-state index contributed by atoms with van der Waals surface area (Å²) in [6, 6.07) is 10.7. The molecule has 1 aliphatic rings. The van der Waals surface area contributed by atoms with Gasteiger partial charge in [0, 0.05) is 12.8 Å². The number of rotatable bonds is 4. The van der Waals surface area contributed by atoms with Crippen LogP contribution in [0.15, 0.2) is 41.4 Å². The van der Waals surface area contributed by atoms with Crippen LogP contribution in [0.25, 0.3) is 22.5 Å². The zero-order valence-electron chi connectivity index (χ0n) is 17.1. The van der Waals surface area contributed by atoms with Gasteiger partial charge in [0.15, 0.2) is 20.7 Å². The highest BCUT2D eigenvalue weighted by molar-refractivity contribution is 7.90. The van der Waals surface area contributed by atoms with Crippen LogP contribution in [0.1, 0.15) is 12.7 Å². The number of sulfone groups is 1. The van der Waals surface area contributed by atoms with Crippen LogP contribution >= 0.6 is 0 Å². The number of morpholine rings is 1. The summed E-state index contributed by atoms with van der Waals surface area (Å²) < 4.78 is 33.5. The van der Waals surface area contributed by atoms with Crippen LogP contribution in [0.5, 0.6) is 0 Å². The molecule has 11 heteroatoms. The molecule has 162 valence electrons. The Morgan fingerprint density at radius 2 is 1.97 bits per heavy atom. The SMILES string of the molecule is CC1COCCN1c1nc(-n2c(CO)nc3ccccc32)nn2c(S(C)(=O)=O)ccc12. The molecule has 0 spiro atoms. The summed E-state index contributed by atoms with van der Waals surface area (Å²) in [5, 5.41) is 14.6. The van der Waals surface area contributed by atoms with E-state index in [4.69, 9.17) is 9.72 Å². The number of benzene rings is 1. The normalized spacial score (nSPS) is 17.6. The fraction of sp³-hybridized carbons (Fsp3) is 0.350. The van der Waals surface area contributed by atoms with Crippen molar-refractivity contribution in [1.82, 2.24) is 24.1 Å². The minimum absolute atomic E-state index is 0.0497. The molecule has 1 fully saturated rings. The molecule has 4 heterocycles. The van der Waals surface area contributed by atoms with E-state index in [0.717, 1.165) is 11.8 Å². The molecule has 0 radical (unpaired) electrons. The van der Waals surface area contributed by atoms with Crippen molar-refractivity contribution in [2.45, 2.75) is 24.6 Å². The summed E-state index contributed by atoms with van der Waals surface area (Å²) in [5.74, 6) is 1.21. The first kappa shape index (κ1) is 19.9. The van der Waals surface area contributed by atoms with Gasteiger partial charge in [-0.25, -0.2) is 17.9 Å². The molecule has 3 aromatic heterocycles. The number of aliphatic hydroxyl groups excluding tert-OH is 1. The van der Waals surface area contributed by atoms with Crippen LogP contribution in [0, 0.1) is 0 Å². The van der Waals surface area contributed by atoms with Crippen molar-refractivity contribution in [3.63, 3.8) is 0 Å². The molecule has 1 atom stereocenters. The summed E-state index contributed by atoms with van der Waals surface area (Å²) in [7, 11) is -3.54. The van der Waals surface area contributed by atoms with Gasteiger partial charge in [-0.2, -0.15) is 4.98 Å². The molecule has 5 rings (SSSR count). The molecule has 31 heavy (non-hydrogen) atoms. The zero-order valence-corrected chi connectivity index (χ0v) is 17.9. The van der Waals surface area contributed by atoms with E-state index in [1.54, 1.807) is 10.6 Å². The fourth-order valence-electron chi connectivity index (χ4n) is 3.98. The van der Waals surface area contributed by atoms with E-state index in [0.29, 0.717) is 42.4 Å². The lowest BCUT2D eigenvalue weighted by Gasteiger charge is -2.34. The number of aromatic nitrogens is 5. The molecule has 0 bridgehead atoms. The minimum Gasteiger partial charge on any atom is -0.388 e. The van der Waals surface area contributed by atoms with Gasteiger partial charge in [-0.05, 0) is 31.2 Å². The lowest BCUT2D eigenvalue weighted by molar-refractivity contribution is 0.0986. The second kappa shape index (κ2) is 7.29. The molecule has 1 N–H and O–H groups in total. The summed E-state index contributed by atoms with van der Waals surface area (Å²) in [6.07, 6.45) is 1.15. The van der Waals surface area contributed by atoms with Crippen molar-refractivity contribution in [2.24, 2.45) is 0 Å². The van der Waals surface area contributed by atoms with E-state index in [-0.39, 0.29) is 23.6 Å². The third-order valence-electron chi connectivity index (χ3n) is 5.44. The number of anilines is 1. The number of aliphatic hydroxyl groups is 1. The largest absolute Gasteiger partial charge is 0.388 e. The van der Waals surface area contributed by atoms with Crippen LogP contribution in [0.4, 0.5) is 5.82 Å². The van der Waals surface area contributed by atoms with E-state index in [1.165, 1.54) is 10.6 Å². The lowest BCUT2D eigenvalue weighted by atomic mass is 10.2. The maximum Gasteiger partial charge on any atom is 0.255 e. The maximum atomic E-state index is 12.4. The Hall–Kier alpha value is -3.02. The third kappa shape index (κ3) is 3.25. The van der Waals surface area contributed by atoms with Gasteiger partial charge in [-0.15, -0.1) is 5.10 Å². The predicted molar refractivity (Wildman–Crippen MR) is 114 cm³/mol.